The summed E-state index contributed by atoms with van der Waals surface area (Å²) in [7, 11) is -4.67. The van der Waals surface area contributed by atoms with Gasteiger partial charge < -0.3 is 4.79 Å². The average molecular weight is 320 g/mol. The molecule has 0 radical (unpaired) electrons. The van der Waals surface area contributed by atoms with Crippen molar-refractivity contribution in [3.63, 3.8) is 0 Å². The van der Waals surface area contributed by atoms with E-state index in [-0.39, 0.29) is 51.4 Å². The van der Waals surface area contributed by atoms with Gasteiger partial charge in [0.05, 0.1) is 0 Å². The molecule has 0 bridgehead atoms. The van der Waals surface area contributed by atoms with Crippen molar-refractivity contribution < 1.29 is 73.7 Å². The molecule has 0 aromatic carbocycles. The van der Waals surface area contributed by atoms with Crippen LogP contribution in [0.2, 0.25) is 0 Å². The van der Waals surface area contributed by atoms with Crippen molar-refractivity contribution in [1.29, 1.82) is 0 Å². The second-order valence-corrected chi connectivity index (χ2v) is 5.07. The van der Waals surface area contributed by atoms with Gasteiger partial charge in [-0.3, -0.25) is 15.4 Å². The van der Waals surface area contributed by atoms with E-state index in [9.17, 15) is 4.79 Å². The molecule has 19 heavy (non-hydrogen) atoms. The average Bonchev–Trinajstić information content (AvgIpc) is 2.25. The Balaban J connectivity index is -0.000000366. The van der Waals surface area contributed by atoms with E-state index in [1.54, 1.807) is 0 Å². The molecule has 0 aliphatic heterocycles. The summed E-state index contributed by atoms with van der Waals surface area (Å²) in [5.74, 6) is 0. The molecular formula is C12H25KO5S. The van der Waals surface area contributed by atoms with Gasteiger partial charge in [-0.1, -0.05) is 64.7 Å². The van der Waals surface area contributed by atoms with Crippen LogP contribution in [0.5, 0.6) is 0 Å². The molecule has 0 heterocycles. The Morgan fingerprint density at radius 3 is 1.47 bits per heavy atom. The third-order valence-electron chi connectivity index (χ3n) is 2.38. The van der Waals surface area contributed by atoms with Crippen LogP contribution in [-0.2, 0) is 15.2 Å². The van der Waals surface area contributed by atoms with Crippen LogP contribution in [0.4, 0.5) is 0 Å². The SMILES string of the molecule is CCCCCCCCCCC[C-]=O.O=S(=O)(O)O.[K+]. The zero-order valence-corrected chi connectivity index (χ0v) is 16.0. The summed E-state index contributed by atoms with van der Waals surface area (Å²) in [5, 5.41) is 0. The first-order valence-electron chi connectivity index (χ1n) is 6.46. The molecule has 110 valence electrons. The smallest absolute Gasteiger partial charge is 0.542 e. The molecule has 0 unspecified atom stereocenters. The summed E-state index contributed by atoms with van der Waals surface area (Å²) in [6.45, 7) is 2.25. The molecular weight excluding hydrogens is 295 g/mol. The van der Waals surface area contributed by atoms with E-state index >= 15 is 0 Å². The third-order valence-corrected chi connectivity index (χ3v) is 2.38. The summed E-state index contributed by atoms with van der Waals surface area (Å²) in [4.78, 5) is 9.89. The first-order valence-corrected chi connectivity index (χ1v) is 7.86. The Bertz CT molecular complexity index is 259. The number of carbonyl (C=O) groups excluding carboxylic acids is 1. The third kappa shape index (κ3) is 45.3. The van der Waals surface area contributed by atoms with Crippen molar-refractivity contribution in [3.8, 4) is 0 Å². The predicted octanol–water partition coefficient (Wildman–Crippen LogP) is 0.368. The molecule has 0 rings (SSSR count). The maximum atomic E-state index is 9.89. The predicted molar refractivity (Wildman–Crippen MR) is 71.7 cm³/mol. The van der Waals surface area contributed by atoms with E-state index < -0.39 is 10.4 Å². The van der Waals surface area contributed by atoms with Crippen LogP contribution in [0, 0.1) is 0 Å². The number of hydrogen-bond acceptors (Lipinski definition) is 3. The van der Waals surface area contributed by atoms with Gasteiger partial charge in [-0.25, -0.2) is 0 Å². The topological polar surface area (TPSA) is 91.7 Å². The molecule has 0 saturated carbocycles. The first-order chi connectivity index (χ1) is 8.41. The van der Waals surface area contributed by atoms with Crippen molar-refractivity contribution in [2.45, 2.75) is 71.1 Å². The fourth-order valence-corrected chi connectivity index (χ4v) is 1.51. The van der Waals surface area contributed by atoms with Gasteiger partial charge in [0.2, 0.25) is 0 Å². The van der Waals surface area contributed by atoms with Crippen molar-refractivity contribution >= 4 is 16.7 Å². The molecule has 0 saturated heterocycles. The van der Waals surface area contributed by atoms with Gasteiger partial charge in [-0.15, -0.1) is 0 Å². The summed E-state index contributed by atoms with van der Waals surface area (Å²) in [6, 6.07) is 0. The van der Waals surface area contributed by atoms with Crippen molar-refractivity contribution in [1.82, 2.24) is 0 Å². The standard InChI is InChI=1S/C12H23O.K.H2O4S/c1-2-3-4-5-6-7-8-9-10-11-12-13;;1-5(2,3)4/h2-11H2,1H3;;(H2,1,2,3,4)/q-1;+1;. The Morgan fingerprint density at radius 1 is 0.842 bits per heavy atom. The summed E-state index contributed by atoms with van der Waals surface area (Å²) >= 11 is 0. The first kappa shape index (κ1) is 25.1. The monoisotopic (exact) mass is 320 g/mol. The van der Waals surface area contributed by atoms with E-state index in [1.807, 2.05) is 6.29 Å². The van der Waals surface area contributed by atoms with E-state index in [0.717, 1.165) is 6.42 Å². The minimum absolute atomic E-state index is 0. The second-order valence-electron chi connectivity index (χ2n) is 4.17. The van der Waals surface area contributed by atoms with Crippen molar-refractivity contribution in [2.24, 2.45) is 0 Å². The van der Waals surface area contributed by atoms with E-state index in [4.69, 9.17) is 17.5 Å². The van der Waals surface area contributed by atoms with Gasteiger partial charge in [0.25, 0.3) is 0 Å². The molecule has 0 amide bonds. The Morgan fingerprint density at radius 2 is 1.16 bits per heavy atom. The van der Waals surface area contributed by atoms with E-state index in [0.29, 0.717) is 6.42 Å². The Hall–Kier alpha value is 1.18. The van der Waals surface area contributed by atoms with Gasteiger partial charge in [0.15, 0.2) is 0 Å². The van der Waals surface area contributed by atoms with E-state index in [2.05, 4.69) is 6.92 Å². The van der Waals surface area contributed by atoms with Gasteiger partial charge in [-0.2, -0.15) is 14.8 Å². The van der Waals surface area contributed by atoms with Crippen LogP contribution in [0.25, 0.3) is 0 Å². The zero-order valence-electron chi connectivity index (χ0n) is 12.1. The summed E-state index contributed by atoms with van der Waals surface area (Å²) in [6.07, 6.45) is 14.4. The molecule has 5 nitrogen and oxygen atoms in total. The van der Waals surface area contributed by atoms with Crippen molar-refractivity contribution in [2.75, 3.05) is 0 Å². The molecule has 0 aromatic heterocycles. The number of unbranched alkanes of at least 4 members (excludes halogenated alkanes) is 9. The molecule has 0 fully saturated rings. The van der Waals surface area contributed by atoms with Gasteiger partial charge in [0, 0.05) is 0 Å². The molecule has 2 N–H and O–H groups in total. The van der Waals surface area contributed by atoms with Gasteiger partial charge in [0.1, 0.15) is 0 Å². The summed E-state index contributed by atoms with van der Waals surface area (Å²) in [5.41, 5.74) is 0. The van der Waals surface area contributed by atoms with Crippen LogP contribution in [-0.4, -0.2) is 23.8 Å². The Kier molecular flexibility index (Phi) is 25.4. The molecule has 0 atom stereocenters. The van der Waals surface area contributed by atoms with Gasteiger partial charge in [-0.05, 0) is 0 Å². The molecule has 0 aliphatic rings. The van der Waals surface area contributed by atoms with E-state index in [1.165, 1.54) is 51.4 Å². The number of hydrogen-bond donors (Lipinski definition) is 2. The van der Waals surface area contributed by atoms with Crippen LogP contribution in [0.3, 0.4) is 0 Å². The molecule has 0 aliphatic carbocycles. The largest absolute Gasteiger partial charge is 1.00 e. The van der Waals surface area contributed by atoms with Gasteiger partial charge >= 0.3 is 61.8 Å². The quantitative estimate of drug-likeness (QED) is 0.263. The van der Waals surface area contributed by atoms with Crippen molar-refractivity contribution in [3.05, 3.63) is 0 Å². The maximum Gasteiger partial charge on any atom is 1.00 e. The fourth-order valence-electron chi connectivity index (χ4n) is 1.51. The maximum absolute atomic E-state index is 9.89. The minimum Gasteiger partial charge on any atom is -0.542 e. The van der Waals surface area contributed by atoms with Crippen LogP contribution in [0.15, 0.2) is 0 Å². The van der Waals surface area contributed by atoms with Crippen LogP contribution in [0.1, 0.15) is 71.1 Å². The fraction of sp³-hybridized carbons (Fsp3) is 0.917. The van der Waals surface area contributed by atoms with Crippen LogP contribution < -0.4 is 51.4 Å². The van der Waals surface area contributed by atoms with Crippen LogP contribution >= 0.6 is 0 Å². The minimum atomic E-state index is -4.67. The second kappa shape index (κ2) is 19.2. The summed E-state index contributed by atoms with van der Waals surface area (Å²) < 4.78 is 31.6. The molecule has 0 spiro atoms. The zero-order chi connectivity index (χ0) is 14.3. The number of rotatable bonds is 10. The Labute approximate surface area is 159 Å². The normalized spacial score (nSPS) is 10.1. The molecule has 7 heteroatoms. The molecule has 0 aromatic rings.